The second kappa shape index (κ2) is 6.06. The fraction of sp³-hybridized carbons (Fsp3) is 0.600. The number of benzene rings is 1. The standard InChI is InChI=1S/C15H24O2/c1-5-10-17-13-8-6-12(7-9-13)14(16)11-15(2,3)4/h6-9,14,16H,5,10-11H2,1-4H3. The lowest BCUT2D eigenvalue weighted by Gasteiger charge is -2.22. The topological polar surface area (TPSA) is 29.5 Å². The van der Waals surface area contributed by atoms with E-state index in [1.807, 2.05) is 24.3 Å². The third-order valence-electron chi connectivity index (χ3n) is 2.54. The maximum absolute atomic E-state index is 10.1. The smallest absolute Gasteiger partial charge is 0.119 e. The van der Waals surface area contributed by atoms with Crippen LogP contribution in [0.15, 0.2) is 24.3 Å². The van der Waals surface area contributed by atoms with E-state index in [2.05, 4.69) is 27.7 Å². The first-order valence-electron chi connectivity index (χ1n) is 6.33. The minimum Gasteiger partial charge on any atom is -0.494 e. The van der Waals surface area contributed by atoms with Gasteiger partial charge in [0.15, 0.2) is 0 Å². The van der Waals surface area contributed by atoms with Crippen molar-refractivity contribution in [2.24, 2.45) is 5.41 Å². The molecule has 0 radical (unpaired) electrons. The molecule has 0 fully saturated rings. The van der Waals surface area contributed by atoms with Crippen molar-refractivity contribution in [2.75, 3.05) is 6.61 Å². The van der Waals surface area contributed by atoms with Crippen molar-refractivity contribution in [2.45, 2.75) is 46.6 Å². The van der Waals surface area contributed by atoms with Gasteiger partial charge in [-0.15, -0.1) is 0 Å². The van der Waals surface area contributed by atoms with Crippen LogP contribution < -0.4 is 4.74 Å². The van der Waals surface area contributed by atoms with Crippen molar-refractivity contribution in [3.63, 3.8) is 0 Å². The summed E-state index contributed by atoms with van der Waals surface area (Å²) >= 11 is 0. The average Bonchev–Trinajstić information content (AvgIpc) is 2.24. The van der Waals surface area contributed by atoms with Gasteiger partial charge < -0.3 is 9.84 Å². The molecule has 17 heavy (non-hydrogen) atoms. The number of rotatable bonds is 5. The molecule has 0 bridgehead atoms. The van der Waals surface area contributed by atoms with Gasteiger partial charge >= 0.3 is 0 Å². The molecule has 0 heterocycles. The molecule has 96 valence electrons. The fourth-order valence-corrected chi connectivity index (χ4v) is 1.70. The number of hydrogen-bond acceptors (Lipinski definition) is 2. The molecular formula is C15H24O2. The molecular weight excluding hydrogens is 212 g/mol. The SMILES string of the molecule is CCCOc1ccc(C(O)CC(C)(C)C)cc1. The number of aliphatic hydroxyl groups excluding tert-OH is 1. The predicted octanol–water partition coefficient (Wildman–Crippen LogP) is 3.95. The Morgan fingerprint density at radius 3 is 2.24 bits per heavy atom. The molecule has 1 aromatic carbocycles. The summed E-state index contributed by atoms with van der Waals surface area (Å²) in [5.41, 5.74) is 1.10. The Kier molecular flexibility index (Phi) is 5.01. The molecule has 0 saturated carbocycles. The Labute approximate surface area is 105 Å². The van der Waals surface area contributed by atoms with Gasteiger partial charge in [0.25, 0.3) is 0 Å². The molecule has 0 aliphatic heterocycles. The summed E-state index contributed by atoms with van der Waals surface area (Å²) in [5.74, 6) is 0.874. The molecule has 0 saturated heterocycles. The number of aliphatic hydroxyl groups is 1. The van der Waals surface area contributed by atoms with Crippen LogP contribution in [-0.4, -0.2) is 11.7 Å². The van der Waals surface area contributed by atoms with Gasteiger partial charge in [0, 0.05) is 0 Å². The van der Waals surface area contributed by atoms with E-state index in [9.17, 15) is 5.11 Å². The van der Waals surface area contributed by atoms with Gasteiger partial charge in [-0.05, 0) is 36.0 Å². The third kappa shape index (κ3) is 5.22. The lowest BCUT2D eigenvalue weighted by atomic mass is 9.87. The van der Waals surface area contributed by atoms with Crippen LogP contribution in [0.4, 0.5) is 0 Å². The zero-order chi connectivity index (χ0) is 12.9. The molecule has 0 aliphatic rings. The van der Waals surface area contributed by atoms with E-state index < -0.39 is 6.10 Å². The highest BCUT2D eigenvalue weighted by atomic mass is 16.5. The van der Waals surface area contributed by atoms with Gasteiger partial charge in [-0.1, -0.05) is 39.8 Å². The van der Waals surface area contributed by atoms with Crippen LogP contribution in [0.3, 0.4) is 0 Å². The summed E-state index contributed by atoms with van der Waals surface area (Å²) in [5, 5.41) is 10.1. The first-order chi connectivity index (χ1) is 7.92. The van der Waals surface area contributed by atoms with E-state index in [1.54, 1.807) is 0 Å². The van der Waals surface area contributed by atoms with E-state index in [4.69, 9.17) is 4.74 Å². The monoisotopic (exact) mass is 236 g/mol. The average molecular weight is 236 g/mol. The van der Waals surface area contributed by atoms with Crippen molar-refractivity contribution >= 4 is 0 Å². The zero-order valence-electron chi connectivity index (χ0n) is 11.4. The Bertz CT molecular complexity index is 322. The minimum atomic E-state index is -0.393. The van der Waals surface area contributed by atoms with E-state index in [0.717, 1.165) is 30.8 Å². The first-order valence-corrected chi connectivity index (χ1v) is 6.33. The summed E-state index contributed by atoms with van der Waals surface area (Å²) < 4.78 is 5.51. The van der Waals surface area contributed by atoms with Gasteiger partial charge in [-0.2, -0.15) is 0 Å². The molecule has 1 aromatic rings. The predicted molar refractivity (Wildman–Crippen MR) is 71.3 cm³/mol. The molecule has 1 atom stereocenters. The Hall–Kier alpha value is -1.02. The lowest BCUT2D eigenvalue weighted by Crippen LogP contribution is -2.11. The summed E-state index contributed by atoms with van der Waals surface area (Å²) in [6.45, 7) is 9.23. The van der Waals surface area contributed by atoms with E-state index >= 15 is 0 Å². The largest absolute Gasteiger partial charge is 0.494 e. The maximum atomic E-state index is 10.1. The van der Waals surface area contributed by atoms with Gasteiger partial charge in [0.1, 0.15) is 5.75 Å². The molecule has 0 aromatic heterocycles. The van der Waals surface area contributed by atoms with Crippen molar-refractivity contribution in [3.05, 3.63) is 29.8 Å². The molecule has 0 amide bonds. The van der Waals surface area contributed by atoms with Crippen LogP contribution in [0, 0.1) is 5.41 Å². The Morgan fingerprint density at radius 1 is 1.18 bits per heavy atom. The zero-order valence-corrected chi connectivity index (χ0v) is 11.4. The van der Waals surface area contributed by atoms with E-state index in [1.165, 1.54) is 0 Å². The van der Waals surface area contributed by atoms with Gasteiger partial charge in [-0.3, -0.25) is 0 Å². The highest BCUT2D eigenvalue weighted by Gasteiger charge is 2.17. The van der Waals surface area contributed by atoms with Gasteiger partial charge in [0.05, 0.1) is 12.7 Å². The van der Waals surface area contributed by atoms with E-state index in [0.29, 0.717) is 0 Å². The Balaban J connectivity index is 2.60. The van der Waals surface area contributed by atoms with Crippen LogP contribution >= 0.6 is 0 Å². The second-order valence-electron chi connectivity index (χ2n) is 5.70. The first kappa shape index (κ1) is 14.0. The normalized spacial score (nSPS) is 13.5. The molecule has 1 N–H and O–H groups in total. The molecule has 1 rings (SSSR count). The van der Waals surface area contributed by atoms with Crippen molar-refractivity contribution in [1.82, 2.24) is 0 Å². The van der Waals surface area contributed by atoms with Crippen molar-refractivity contribution in [1.29, 1.82) is 0 Å². The van der Waals surface area contributed by atoms with Crippen LogP contribution in [0.5, 0.6) is 5.75 Å². The van der Waals surface area contributed by atoms with Gasteiger partial charge in [0.2, 0.25) is 0 Å². The molecule has 1 unspecified atom stereocenters. The van der Waals surface area contributed by atoms with Crippen LogP contribution in [-0.2, 0) is 0 Å². The molecule has 0 spiro atoms. The molecule has 0 aliphatic carbocycles. The highest BCUT2D eigenvalue weighted by Crippen LogP contribution is 2.29. The maximum Gasteiger partial charge on any atom is 0.119 e. The molecule has 2 heteroatoms. The van der Waals surface area contributed by atoms with Crippen LogP contribution in [0.25, 0.3) is 0 Å². The Morgan fingerprint density at radius 2 is 1.76 bits per heavy atom. The van der Waals surface area contributed by atoms with Crippen molar-refractivity contribution < 1.29 is 9.84 Å². The second-order valence-corrected chi connectivity index (χ2v) is 5.70. The lowest BCUT2D eigenvalue weighted by molar-refractivity contribution is 0.122. The van der Waals surface area contributed by atoms with Crippen LogP contribution in [0.1, 0.15) is 52.2 Å². The summed E-state index contributed by atoms with van der Waals surface area (Å²) in [6, 6.07) is 7.75. The number of ether oxygens (including phenoxy) is 1. The summed E-state index contributed by atoms with van der Waals surface area (Å²) in [4.78, 5) is 0. The summed E-state index contributed by atoms with van der Waals surface area (Å²) in [7, 11) is 0. The number of hydrogen-bond donors (Lipinski definition) is 1. The third-order valence-corrected chi connectivity index (χ3v) is 2.54. The fourth-order valence-electron chi connectivity index (χ4n) is 1.70. The minimum absolute atomic E-state index is 0.136. The van der Waals surface area contributed by atoms with E-state index in [-0.39, 0.29) is 5.41 Å². The highest BCUT2D eigenvalue weighted by molar-refractivity contribution is 5.28. The van der Waals surface area contributed by atoms with Crippen molar-refractivity contribution in [3.8, 4) is 5.75 Å². The summed E-state index contributed by atoms with van der Waals surface area (Å²) in [6.07, 6.45) is 1.38. The van der Waals surface area contributed by atoms with Gasteiger partial charge in [-0.25, -0.2) is 0 Å². The molecule has 2 nitrogen and oxygen atoms in total. The van der Waals surface area contributed by atoms with Crippen LogP contribution in [0.2, 0.25) is 0 Å². The quantitative estimate of drug-likeness (QED) is 0.839.